The molecule has 0 radical (unpaired) electrons. The van der Waals surface area contributed by atoms with Crippen LogP contribution in [0.15, 0.2) is 0 Å². The molecule has 0 aliphatic heterocycles. The first-order valence-electron chi connectivity index (χ1n) is 1.07. The second kappa shape index (κ2) is 4.12. The third-order valence-corrected chi connectivity index (χ3v) is 1.24. The summed E-state index contributed by atoms with van der Waals surface area (Å²) >= 11 is 4.64. The molecule has 0 aliphatic carbocycles. The third-order valence-electron chi connectivity index (χ3n) is 0.138. The van der Waals surface area contributed by atoms with Crippen LogP contribution in [-0.4, -0.2) is 47.7 Å². The normalized spacial score (nSPS) is 10.0. The first-order valence-corrected chi connectivity index (χ1v) is 3.22. The molecule has 0 unspecified atom stereocenters. The molecule has 0 spiro atoms. The van der Waals surface area contributed by atoms with Crippen molar-refractivity contribution < 1.29 is 13.0 Å². The quantitative estimate of drug-likeness (QED) is 0.312. The standard InChI is InChI=1S/CH3ClO3S.Na.H/c2-1-6(3,4)5;;/h1H2,(H,3,4,5);;. The van der Waals surface area contributed by atoms with Gasteiger partial charge in [-0.25, -0.2) is 0 Å². The molecule has 0 aromatic carbocycles. The fourth-order valence-corrected chi connectivity index (χ4v) is 0. The van der Waals surface area contributed by atoms with Crippen LogP contribution in [0.2, 0.25) is 0 Å². The van der Waals surface area contributed by atoms with Crippen molar-refractivity contribution in [1.29, 1.82) is 0 Å². The van der Waals surface area contributed by atoms with E-state index in [0.29, 0.717) is 0 Å². The Morgan fingerprint density at radius 1 is 1.57 bits per heavy atom. The molecule has 0 saturated carbocycles. The van der Waals surface area contributed by atoms with Crippen molar-refractivity contribution in [2.75, 3.05) is 5.21 Å². The van der Waals surface area contributed by atoms with E-state index in [2.05, 4.69) is 11.6 Å². The van der Waals surface area contributed by atoms with Crippen molar-refractivity contribution in [3.63, 3.8) is 0 Å². The zero-order valence-electron chi connectivity index (χ0n) is 2.76. The molecule has 0 saturated heterocycles. The summed E-state index contributed by atoms with van der Waals surface area (Å²) in [6.45, 7) is 0. The number of hydrogen-bond acceptors (Lipinski definition) is 2. The first-order chi connectivity index (χ1) is 2.56. The number of hydrogen-bond donors (Lipinski definition) is 1. The van der Waals surface area contributed by atoms with E-state index in [-0.39, 0.29) is 29.6 Å². The third kappa shape index (κ3) is 11.0. The van der Waals surface area contributed by atoms with Crippen molar-refractivity contribution in [3.8, 4) is 0 Å². The maximum absolute atomic E-state index is 9.42. The van der Waals surface area contributed by atoms with Gasteiger partial charge in [-0.2, -0.15) is 8.42 Å². The van der Waals surface area contributed by atoms with Gasteiger partial charge in [0.25, 0.3) is 10.1 Å². The van der Waals surface area contributed by atoms with E-state index < -0.39 is 15.3 Å². The van der Waals surface area contributed by atoms with Crippen LogP contribution in [0.1, 0.15) is 0 Å². The molecule has 0 aromatic rings. The molecule has 1 N–H and O–H groups in total. The molecule has 0 aliphatic rings. The summed E-state index contributed by atoms with van der Waals surface area (Å²) in [5.41, 5.74) is 0. The van der Waals surface area contributed by atoms with Crippen LogP contribution < -0.4 is 0 Å². The summed E-state index contributed by atoms with van der Waals surface area (Å²) in [5, 5.41) is -0.729. The van der Waals surface area contributed by atoms with Crippen LogP contribution >= 0.6 is 11.6 Å². The second-order valence-corrected chi connectivity index (χ2v) is 2.73. The molecule has 0 aromatic heterocycles. The molecule has 0 rings (SSSR count). The van der Waals surface area contributed by atoms with Crippen molar-refractivity contribution in [2.45, 2.75) is 0 Å². The van der Waals surface area contributed by atoms with Crippen LogP contribution in [0.4, 0.5) is 0 Å². The van der Waals surface area contributed by atoms with Crippen molar-refractivity contribution in [2.24, 2.45) is 0 Å². The Balaban J connectivity index is 0. The van der Waals surface area contributed by atoms with Crippen molar-refractivity contribution >= 4 is 51.3 Å². The number of halogens is 1. The number of alkyl halides is 1. The Bertz CT molecular complexity index is 117. The van der Waals surface area contributed by atoms with Gasteiger partial charge in [0.15, 0.2) is 0 Å². The SMILES string of the molecule is O=S(=O)(O)CCl.[NaH]. The van der Waals surface area contributed by atoms with Crippen molar-refractivity contribution in [3.05, 3.63) is 0 Å². The Morgan fingerprint density at radius 2 is 1.71 bits per heavy atom. The molecule has 0 fully saturated rings. The fourth-order valence-electron chi connectivity index (χ4n) is 0. The van der Waals surface area contributed by atoms with Gasteiger partial charge >= 0.3 is 29.6 Å². The van der Waals surface area contributed by atoms with Gasteiger partial charge in [-0.05, 0) is 0 Å². The van der Waals surface area contributed by atoms with E-state index in [0.717, 1.165) is 0 Å². The molecule has 0 bridgehead atoms. The van der Waals surface area contributed by atoms with Crippen LogP contribution in [0, 0.1) is 0 Å². The number of rotatable bonds is 1. The Hall–Kier alpha value is 1.20. The molecule has 3 nitrogen and oxygen atoms in total. The summed E-state index contributed by atoms with van der Waals surface area (Å²) in [7, 11) is -3.90. The van der Waals surface area contributed by atoms with Gasteiger partial charge in [0.05, 0.1) is 0 Å². The zero-order chi connectivity index (χ0) is 5.21. The Labute approximate surface area is 69.1 Å². The first kappa shape index (κ1) is 11.1. The Morgan fingerprint density at radius 3 is 1.71 bits per heavy atom. The van der Waals surface area contributed by atoms with Gasteiger partial charge < -0.3 is 0 Å². The van der Waals surface area contributed by atoms with Crippen LogP contribution in [0.25, 0.3) is 0 Å². The average molecular weight is 155 g/mol. The van der Waals surface area contributed by atoms with Crippen LogP contribution in [0.5, 0.6) is 0 Å². The minimum absolute atomic E-state index is 0. The van der Waals surface area contributed by atoms with E-state index >= 15 is 0 Å². The molecule has 0 heterocycles. The molecular weight excluding hydrogens is 151 g/mol. The topological polar surface area (TPSA) is 54.4 Å². The monoisotopic (exact) mass is 154 g/mol. The van der Waals surface area contributed by atoms with E-state index in [1.54, 1.807) is 0 Å². The molecule has 0 amide bonds. The van der Waals surface area contributed by atoms with Crippen molar-refractivity contribution in [1.82, 2.24) is 0 Å². The predicted octanol–water partition coefficient (Wildman–Crippen LogP) is -0.578. The molecule has 6 heteroatoms. The Kier molecular flexibility index (Phi) is 6.50. The van der Waals surface area contributed by atoms with E-state index in [9.17, 15) is 8.42 Å². The van der Waals surface area contributed by atoms with Gasteiger partial charge in [-0.3, -0.25) is 4.55 Å². The van der Waals surface area contributed by atoms with Gasteiger partial charge in [0.2, 0.25) is 0 Å². The summed E-state index contributed by atoms with van der Waals surface area (Å²) in [6.07, 6.45) is 0. The predicted molar refractivity (Wildman–Crippen MR) is 29.4 cm³/mol. The summed E-state index contributed by atoms with van der Waals surface area (Å²) in [4.78, 5) is 0. The van der Waals surface area contributed by atoms with Gasteiger partial charge in [0, 0.05) is 0 Å². The van der Waals surface area contributed by atoms with E-state index in [1.165, 1.54) is 0 Å². The molecule has 40 valence electrons. The van der Waals surface area contributed by atoms with Gasteiger partial charge in [-0.15, -0.1) is 11.6 Å². The van der Waals surface area contributed by atoms with E-state index in [1.807, 2.05) is 0 Å². The van der Waals surface area contributed by atoms with Crippen LogP contribution in [-0.2, 0) is 10.1 Å². The molecular formula is CH4ClNaO3S. The zero-order valence-corrected chi connectivity index (χ0v) is 4.33. The summed E-state index contributed by atoms with van der Waals surface area (Å²) in [6, 6.07) is 0. The van der Waals surface area contributed by atoms with E-state index in [4.69, 9.17) is 4.55 Å². The minimum atomic E-state index is -3.90. The summed E-state index contributed by atoms with van der Waals surface area (Å²) < 4.78 is 26.5. The molecule has 0 atom stereocenters. The fraction of sp³-hybridized carbons (Fsp3) is 1.00. The molecule has 7 heavy (non-hydrogen) atoms. The van der Waals surface area contributed by atoms with Crippen LogP contribution in [0.3, 0.4) is 0 Å². The van der Waals surface area contributed by atoms with Gasteiger partial charge in [0.1, 0.15) is 5.21 Å². The second-order valence-electron chi connectivity index (χ2n) is 0.691. The maximum atomic E-state index is 9.42. The average Bonchev–Trinajstić information content (AvgIpc) is 1.35. The summed E-state index contributed by atoms with van der Waals surface area (Å²) in [5.74, 6) is 0. The van der Waals surface area contributed by atoms with Gasteiger partial charge in [-0.1, -0.05) is 0 Å².